The van der Waals surface area contributed by atoms with Crippen LogP contribution in [0.5, 0.6) is 0 Å². The van der Waals surface area contributed by atoms with E-state index in [9.17, 15) is 18.7 Å². The van der Waals surface area contributed by atoms with E-state index >= 15 is 0 Å². The van der Waals surface area contributed by atoms with Gasteiger partial charge >= 0.3 is 6.03 Å². The lowest BCUT2D eigenvalue weighted by molar-refractivity contribution is 0.114. The highest BCUT2D eigenvalue weighted by Gasteiger charge is 2.15. The normalized spacial score (nSPS) is 15.1. The molecule has 0 saturated carbocycles. The molecule has 3 N–H and O–H groups in total. The molecule has 0 radical (unpaired) electrons. The predicted molar refractivity (Wildman–Crippen MR) is 76.8 cm³/mol. The first-order valence-corrected chi connectivity index (χ1v) is 7.02. The van der Waals surface area contributed by atoms with Crippen molar-refractivity contribution in [3.8, 4) is 0 Å². The van der Waals surface area contributed by atoms with E-state index in [1.54, 1.807) is 6.92 Å². The number of hydrogen-bond acceptors (Lipinski definition) is 2. The fourth-order valence-corrected chi connectivity index (χ4v) is 1.78. The Morgan fingerprint density at radius 2 is 1.95 bits per heavy atom. The monoisotopic (exact) mass is 300 g/mol. The highest BCUT2D eigenvalue weighted by molar-refractivity contribution is 5.74. The summed E-state index contributed by atoms with van der Waals surface area (Å²) in [5.74, 6) is -1.78. The van der Waals surface area contributed by atoms with Crippen LogP contribution < -0.4 is 10.6 Å². The third kappa shape index (κ3) is 5.30. The van der Waals surface area contributed by atoms with Crippen LogP contribution in [0.25, 0.3) is 0 Å². The molecule has 0 bridgehead atoms. The Kier molecular flexibility index (Phi) is 6.55. The van der Waals surface area contributed by atoms with E-state index in [1.165, 1.54) is 6.07 Å². The minimum atomic E-state index is -0.950. The molecule has 0 heterocycles. The third-order valence-electron chi connectivity index (χ3n) is 3.56. The first kappa shape index (κ1) is 17.4. The van der Waals surface area contributed by atoms with Gasteiger partial charge in [0.15, 0.2) is 11.6 Å². The SMILES string of the molecule is CCC(C)C(O)CNC(=O)NC(C)c1ccc(F)c(F)c1. The molecule has 0 aliphatic rings. The van der Waals surface area contributed by atoms with Crippen molar-refractivity contribution in [1.29, 1.82) is 0 Å². The second kappa shape index (κ2) is 7.93. The summed E-state index contributed by atoms with van der Waals surface area (Å²) in [6.07, 6.45) is 0.203. The van der Waals surface area contributed by atoms with Crippen LogP contribution in [-0.2, 0) is 0 Å². The zero-order valence-corrected chi connectivity index (χ0v) is 12.5. The maximum atomic E-state index is 13.1. The molecule has 1 aromatic carbocycles. The molecule has 0 spiro atoms. The van der Waals surface area contributed by atoms with Gasteiger partial charge in [-0.05, 0) is 30.5 Å². The van der Waals surface area contributed by atoms with Crippen LogP contribution in [0.2, 0.25) is 0 Å². The van der Waals surface area contributed by atoms with Gasteiger partial charge in [0.05, 0.1) is 12.1 Å². The first-order chi connectivity index (χ1) is 9.85. The second-order valence-electron chi connectivity index (χ2n) is 5.20. The van der Waals surface area contributed by atoms with Gasteiger partial charge in [0.2, 0.25) is 0 Å². The van der Waals surface area contributed by atoms with E-state index < -0.39 is 29.8 Å². The van der Waals surface area contributed by atoms with Crippen molar-refractivity contribution >= 4 is 6.03 Å². The van der Waals surface area contributed by atoms with Crippen LogP contribution in [0, 0.1) is 17.6 Å². The Labute approximate surface area is 123 Å². The summed E-state index contributed by atoms with van der Waals surface area (Å²) >= 11 is 0. The van der Waals surface area contributed by atoms with Gasteiger partial charge in [0.25, 0.3) is 0 Å². The zero-order chi connectivity index (χ0) is 16.0. The van der Waals surface area contributed by atoms with Gasteiger partial charge in [-0.3, -0.25) is 0 Å². The topological polar surface area (TPSA) is 61.4 Å². The lowest BCUT2D eigenvalue weighted by Crippen LogP contribution is -2.42. The molecule has 118 valence electrons. The van der Waals surface area contributed by atoms with E-state index in [-0.39, 0.29) is 12.5 Å². The highest BCUT2D eigenvalue weighted by atomic mass is 19.2. The first-order valence-electron chi connectivity index (χ1n) is 7.02. The summed E-state index contributed by atoms with van der Waals surface area (Å²) < 4.78 is 26.0. The van der Waals surface area contributed by atoms with Gasteiger partial charge in [0.1, 0.15) is 0 Å². The smallest absolute Gasteiger partial charge is 0.315 e. The average molecular weight is 300 g/mol. The molecular formula is C15H22F2N2O2. The summed E-state index contributed by atoms with van der Waals surface area (Å²) in [6.45, 7) is 5.66. The Morgan fingerprint density at radius 3 is 2.52 bits per heavy atom. The van der Waals surface area contributed by atoms with Crippen LogP contribution in [-0.4, -0.2) is 23.8 Å². The maximum absolute atomic E-state index is 13.1. The van der Waals surface area contributed by atoms with Crippen LogP contribution in [0.15, 0.2) is 18.2 Å². The van der Waals surface area contributed by atoms with E-state index in [2.05, 4.69) is 10.6 Å². The summed E-state index contributed by atoms with van der Waals surface area (Å²) in [5.41, 5.74) is 0.464. The van der Waals surface area contributed by atoms with E-state index in [4.69, 9.17) is 0 Å². The molecular weight excluding hydrogens is 278 g/mol. The standard InChI is InChI=1S/C15H22F2N2O2/c1-4-9(2)14(20)8-18-15(21)19-10(3)11-5-6-12(16)13(17)7-11/h5-7,9-10,14,20H,4,8H2,1-3H3,(H2,18,19,21). The van der Waals surface area contributed by atoms with Gasteiger partial charge < -0.3 is 15.7 Å². The molecule has 0 aliphatic carbocycles. The third-order valence-corrected chi connectivity index (χ3v) is 3.56. The Balaban J connectivity index is 2.48. The van der Waals surface area contributed by atoms with Crippen molar-refractivity contribution in [2.75, 3.05) is 6.54 Å². The maximum Gasteiger partial charge on any atom is 0.315 e. The molecule has 3 unspecified atom stereocenters. The molecule has 21 heavy (non-hydrogen) atoms. The predicted octanol–water partition coefficient (Wildman–Crippen LogP) is 2.73. The molecule has 0 fully saturated rings. The molecule has 1 rings (SSSR count). The Morgan fingerprint density at radius 1 is 1.29 bits per heavy atom. The highest BCUT2D eigenvalue weighted by Crippen LogP contribution is 2.15. The van der Waals surface area contributed by atoms with Gasteiger partial charge in [-0.15, -0.1) is 0 Å². The summed E-state index contributed by atoms with van der Waals surface area (Å²) in [4.78, 5) is 11.7. The van der Waals surface area contributed by atoms with Crippen LogP contribution in [0.4, 0.5) is 13.6 Å². The van der Waals surface area contributed by atoms with Crippen molar-refractivity contribution in [2.45, 2.75) is 39.3 Å². The molecule has 0 saturated heterocycles. The number of aliphatic hydroxyl groups is 1. The lowest BCUT2D eigenvalue weighted by atomic mass is 10.0. The van der Waals surface area contributed by atoms with Crippen LogP contribution in [0.1, 0.15) is 38.8 Å². The number of carbonyl (C=O) groups excluding carboxylic acids is 1. The fraction of sp³-hybridized carbons (Fsp3) is 0.533. The number of nitrogens with one attached hydrogen (secondary N) is 2. The second-order valence-corrected chi connectivity index (χ2v) is 5.20. The fourth-order valence-electron chi connectivity index (χ4n) is 1.78. The van der Waals surface area contributed by atoms with Crippen molar-refractivity contribution in [2.24, 2.45) is 5.92 Å². The van der Waals surface area contributed by atoms with Gasteiger partial charge in [-0.2, -0.15) is 0 Å². The van der Waals surface area contributed by atoms with E-state index in [0.29, 0.717) is 5.56 Å². The molecule has 1 aromatic rings. The number of halogens is 2. The number of benzene rings is 1. The average Bonchev–Trinajstić information content (AvgIpc) is 2.46. The van der Waals surface area contributed by atoms with Crippen LogP contribution >= 0.6 is 0 Å². The quantitative estimate of drug-likeness (QED) is 0.756. The minimum absolute atomic E-state index is 0.0916. The lowest BCUT2D eigenvalue weighted by Gasteiger charge is -2.19. The van der Waals surface area contributed by atoms with Crippen LogP contribution in [0.3, 0.4) is 0 Å². The van der Waals surface area contributed by atoms with E-state index in [1.807, 2.05) is 13.8 Å². The zero-order valence-electron chi connectivity index (χ0n) is 12.5. The number of urea groups is 1. The summed E-state index contributed by atoms with van der Waals surface area (Å²) in [5, 5.41) is 14.9. The largest absolute Gasteiger partial charge is 0.391 e. The van der Waals surface area contributed by atoms with E-state index in [0.717, 1.165) is 18.6 Å². The molecule has 0 aromatic heterocycles. The summed E-state index contributed by atoms with van der Waals surface area (Å²) in [6, 6.07) is 2.55. The number of carbonyl (C=O) groups is 1. The van der Waals surface area contributed by atoms with Gasteiger partial charge in [-0.1, -0.05) is 26.3 Å². The minimum Gasteiger partial charge on any atom is -0.391 e. The molecule has 4 nitrogen and oxygen atoms in total. The molecule has 6 heteroatoms. The number of aliphatic hydroxyl groups excluding tert-OH is 1. The van der Waals surface area contributed by atoms with Crippen molar-refractivity contribution < 1.29 is 18.7 Å². The van der Waals surface area contributed by atoms with Gasteiger partial charge in [0, 0.05) is 6.54 Å². The number of rotatable bonds is 6. The van der Waals surface area contributed by atoms with Crippen molar-refractivity contribution in [1.82, 2.24) is 10.6 Å². The number of amides is 2. The molecule has 3 atom stereocenters. The Bertz CT molecular complexity index is 483. The Hall–Kier alpha value is -1.69. The van der Waals surface area contributed by atoms with Crippen molar-refractivity contribution in [3.05, 3.63) is 35.4 Å². The molecule has 0 aliphatic heterocycles. The summed E-state index contributed by atoms with van der Waals surface area (Å²) in [7, 11) is 0. The van der Waals surface area contributed by atoms with Crippen molar-refractivity contribution in [3.63, 3.8) is 0 Å². The van der Waals surface area contributed by atoms with Gasteiger partial charge in [-0.25, -0.2) is 13.6 Å². The number of hydrogen-bond donors (Lipinski definition) is 3. The molecule has 2 amide bonds.